The van der Waals surface area contributed by atoms with Gasteiger partial charge in [-0.25, -0.2) is 22.7 Å². The predicted octanol–water partition coefficient (Wildman–Crippen LogP) is 1.95. The molecule has 150 valence electrons. The number of rotatable bonds is 6. The summed E-state index contributed by atoms with van der Waals surface area (Å²) in [6, 6.07) is 9.86. The zero-order valence-corrected chi connectivity index (χ0v) is 17.1. The van der Waals surface area contributed by atoms with E-state index in [0.29, 0.717) is 19.0 Å². The van der Waals surface area contributed by atoms with E-state index in [2.05, 4.69) is 5.32 Å². The largest absolute Gasteiger partial charge is 0.379 e. The van der Waals surface area contributed by atoms with Crippen molar-refractivity contribution >= 4 is 15.8 Å². The third-order valence-corrected chi connectivity index (χ3v) is 7.43. The van der Waals surface area contributed by atoms with E-state index in [-0.39, 0.29) is 17.7 Å². The van der Waals surface area contributed by atoms with Gasteiger partial charge in [0, 0.05) is 36.8 Å². The summed E-state index contributed by atoms with van der Waals surface area (Å²) >= 11 is 0. The highest BCUT2D eigenvalue weighted by molar-refractivity contribution is 7.89. The fourth-order valence-electron chi connectivity index (χ4n) is 3.79. The summed E-state index contributed by atoms with van der Waals surface area (Å²) in [6.45, 7) is 0.913. The minimum Gasteiger partial charge on any atom is -0.379 e. The van der Waals surface area contributed by atoms with Gasteiger partial charge in [0.15, 0.2) is 5.82 Å². The summed E-state index contributed by atoms with van der Waals surface area (Å²) in [4.78, 5) is 9.58. The molecule has 1 aromatic carbocycles. The first-order valence-corrected chi connectivity index (χ1v) is 11.2. The monoisotopic (exact) mass is 402 g/mol. The van der Waals surface area contributed by atoms with Gasteiger partial charge < -0.3 is 10.1 Å². The molecule has 4 rings (SSSR count). The molecule has 0 saturated carbocycles. The van der Waals surface area contributed by atoms with Gasteiger partial charge in [-0.1, -0.05) is 30.3 Å². The molecule has 1 N–H and O–H groups in total. The summed E-state index contributed by atoms with van der Waals surface area (Å²) in [6.07, 6.45) is 2.96. The molecule has 1 aromatic heterocycles. The van der Waals surface area contributed by atoms with Crippen LogP contribution >= 0.6 is 0 Å². The number of aryl methyl sites for hydroxylation is 1. The maximum absolute atomic E-state index is 12.3. The highest BCUT2D eigenvalue weighted by Crippen LogP contribution is 2.31. The van der Waals surface area contributed by atoms with Gasteiger partial charge in [0.05, 0.1) is 25.0 Å². The van der Waals surface area contributed by atoms with E-state index in [1.807, 2.05) is 30.3 Å². The van der Waals surface area contributed by atoms with Crippen LogP contribution in [0, 0.1) is 5.92 Å². The summed E-state index contributed by atoms with van der Waals surface area (Å²) < 4.78 is 31.5. The lowest BCUT2D eigenvalue weighted by atomic mass is 10.1. The smallest absolute Gasteiger partial charge is 0.214 e. The van der Waals surface area contributed by atoms with Crippen LogP contribution in [0.5, 0.6) is 0 Å². The molecule has 1 aliphatic carbocycles. The maximum atomic E-state index is 12.3. The summed E-state index contributed by atoms with van der Waals surface area (Å²) in [5, 5.41) is 3.50. The van der Waals surface area contributed by atoms with Gasteiger partial charge in [0.25, 0.3) is 0 Å². The number of nitrogens with zero attached hydrogens (tertiary/aromatic N) is 3. The third-order valence-electron chi connectivity index (χ3n) is 5.47. The molecular weight excluding hydrogens is 376 g/mol. The molecule has 2 aliphatic rings. The molecule has 0 amide bonds. The lowest BCUT2D eigenvalue weighted by Crippen LogP contribution is -2.37. The van der Waals surface area contributed by atoms with Crippen molar-refractivity contribution in [2.45, 2.75) is 25.3 Å². The maximum Gasteiger partial charge on any atom is 0.214 e. The SMILES string of the molecule is CN(C)S(=O)(=O)C[C@@H]1COC[C@H]1Nc1nc(-c2ccccc2)nc2c1CCC2. The number of hydrogen-bond donors (Lipinski definition) is 1. The third kappa shape index (κ3) is 3.90. The van der Waals surface area contributed by atoms with Crippen LogP contribution in [0.4, 0.5) is 5.82 Å². The van der Waals surface area contributed by atoms with Crippen LogP contribution in [0.1, 0.15) is 17.7 Å². The van der Waals surface area contributed by atoms with E-state index in [9.17, 15) is 8.42 Å². The van der Waals surface area contributed by atoms with Crippen LogP contribution in [0.25, 0.3) is 11.4 Å². The van der Waals surface area contributed by atoms with Crippen molar-refractivity contribution < 1.29 is 13.2 Å². The van der Waals surface area contributed by atoms with Crippen LogP contribution in [0.15, 0.2) is 30.3 Å². The fraction of sp³-hybridized carbons (Fsp3) is 0.500. The zero-order chi connectivity index (χ0) is 19.7. The lowest BCUT2D eigenvalue weighted by molar-refractivity contribution is 0.187. The van der Waals surface area contributed by atoms with Crippen molar-refractivity contribution in [2.75, 3.05) is 38.4 Å². The minimum atomic E-state index is -3.29. The second-order valence-corrected chi connectivity index (χ2v) is 9.88. The number of aromatic nitrogens is 2. The number of fused-ring (bicyclic) bond motifs is 1. The average Bonchev–Trinajstić information content (AvgIpc) is 3.31. The van der Waals surface area contributed by atoms with Crippen molar-refractivity contribution in [1.29, 1.82) is 0 Å². The Bertz CT molecular complexity index is 947. The van der Waals surface area contributed by atoms with E-state index >= 15 is 0 Å². The first kappa shape index (κ1) is 19.3. The molecular formula is C20H26N4O3S. The zero-order valence-electron chi connectivity index (χ0n) is 16.3. The van der Waals surface area contributed by atoms with Gasteiger partial charge in [0.2, 0.25) is 10.0 Å². The quantitative estimate of drug-likeness (QED) is 0.795. The number of ether oxygens (including phenoxy) is 1. The minimum absolute atomic E-state index is 0.0660. The number of anilines is 1. The highest BCUT2D eigenvalue weighted by atomic mass is 32.2. The molecule has 1 aliphatic heterocycles. The van der Waals surface area contributed by atoms with Crippen molar-refractivity contribution in [1.82, 2.24) is 14.3 Å². The summed E-state index contributed by atoms with van der Waals surface area (Å²) in [5.41, 5.74) is 3.23. The molecule has 2 atom stereocenters. The van der Waals surface area contributed by atoms with Crippen molar-refractivity contribution in [3.63, 3.8) is 0 Å². The first-order valence-electron chi connectivity index (χ1n) is 9.64. The molecule has 2 aromatic rings. The van der Waals surface area contributed by atoms with Gasteiger partial charge in [-0.3, -0.25) is 0 Å². The van der Waals surface area contributed by atoms with E-state index < -0.39 is 10.0 Å². The number of nitrogens with one attached hydrogen (secondary N) is 1. The Balaban J connectivity index is 1.61. The van der Waals surface area contributed by atoms with Crippen molar-refractivity contribution in [2.24, 2.45) is 5.92 Å². The van der Waals surface area contributed by atoms with Crippen LogP contribution in [0.2, 0.25) is 0 Å². The molecule has 8 heteroatoms. The van der Waals surface area contributed by atoms with Crippen LogP contribution in [0.3, 0.4) is 0 Å². The molecule has 0 radical (unpaired) electrons. The van der Waals surface area contributed by atoms with Crippen LogP contribution in [-0.2, 0) is 27.6 Å². The lowest BCUT2D eigenvalue weighted by Gasteiger charge is -2.22. The summed E-state index contributed by atoms with van der Waals surface area (Å²) in [7, 11) is -0.156. The predicted molar refractivity (Wildman–Crippen MR) is 109 cm³/mol. The highest BCUT2D eigenvalue weighted by Gasteiger charge is 2.34. The summed E-state index contributed by atoms with van der Waals surface area (Å²) in [5.74, 6) is 1.49. The molecule has 1 fully saturated rings. The topological polar surface area (TPSA) is 84.4 Å². The number of hydrogen-bond acceptors (Lipinski definition) is 6. The average molecular weight is 403 g/mol. The van der Waals surface area contributed by atoms with E-state index in [0.717, 1.165) is 41.9 Å². The first-order chi connectivity index (χ1) is 13.4. The second-order valence-electron chi connectivity index (χ2n) is 7.65. The van der Waals surface area contributed by atoms with Gasteiger partial charge in [0.1, 0.15) is 5.82 Å². The van der Waals surface area contributed by atoms with Crippen LogP contribution < -0.4 is 5.32 Å². The Hall–Kier alpha value is -2.03. The second kappa shape index (κ2) is 7.77. The Morgan fingerprint density at radius 1 is 1.14 bits per heavy atom. The number of benzene rings is 1. The molecule has 1 saturated heterocycles. The standard InChI is InChI=1S/C20H26N4O3S/c1-24(2)28(25,26)13-15-11-27-12-18(15)22-20-16-9-6-10-17(16)21-19(23-20)14-7-4-3-5-8-14/h3-5,7-8,15,18H,6,9-13H2,1-2H3,(H,21,22,23)/t15-,18+/m0/s1. The van der Waals surface area contributed by atoms with Crippen LogP contribution in [-0.4, -0.2) is 61.8 Å². The molecule has 0 spiro atoms. The van der Waals surface area contributed by atoms with E-state index in [1.165, 1.54) is 4.31 Å². The van der Waals surface area contributed by atoms with E-state index in [1.54, 1.807) is 14.1 Å². The molecule has 0 bridgehead atoms. The fourth-order valence-corrected chi connectivity index (χ4v) is 4.95. The van der Waals surface area contributed by atoms with Crippen molar-refractivity contribution in [3.05, 3.63) is 41.6 Å². The van der Waals surface area contributed by atoms with Gasteiger partial charge >= 0.3 is 0 Å². The van der Waals surface area contributed by atoms with E-state index in [4.69, 9.17) is 14.7 Å². The molecule has 0 unspecified atom stereocenters. The van der Waals surface area contributed by atoms with Gasteiger partial charge in [-0.05, 0) is 19.3 Å². The Morgan fingerprint density at radius 2 is 1.93 bits per heavy atom. The molecule has 7 nitrogen and oxygen atoms in total. The normalized spacial score (nSPS) is 21.8. The molecule has 2 heterocycles. The van der Waals surface area contributed by atoms with Gasteiger partial charge in [-0.15, -0.1) is 0 Å². The van der Waals surface area contributed by atoms with Crippen molar-refractivity contribution in [3.8, 4) is 11.4 Å². The Labute approximate surface area is 166 Å². The Morgan fingerprint density at radius 3 is 2.68 bits per heavy atom. The van der Waals surface area contributed by atoms with Gasteiger partial charge in [-0.2, -0.15) is 0 Å². The number of sulfonamides is 1. The Kier molecular flexibility index (Phi) is 5.35. The molecule has 28 heavy (non-hydrogen) atoms.